The van der Waals surface area contributed by atoms with Gasteiger partial charge in [-0.1, -0.05) is 113 Å². The van der Waals surface area contributed by atoms with Crippen LogP contribution < -0.4 is 46.8 Å². The van der Waals surface area contributed by atoms with Crippen molar-refractivity contribution < 1.29 is 67.2 Å². The standard InChI is InChI=1S/C18H39N4.C16H31IN4.C12H22N4.C4H9I.CH3I.2CH4.2ClH.I2.HI.Mn/c1-4-6-12-21(13-7-5-2)17-18-22-14-8-11-20(3)15-9-19-10-16-22;1-2-3-10-20-11-4-6-18-9-14-21(17)12-5-7-19(8-13-20)16(21)15(18)20;1-3-13-7-9-15-5-2-6-16-10-8-14(4-1)11(13)12(15)16;1-2-3-4-5;1-2;;;;;1-2;;/h4-18H2,1-3H3;15-16H,2-14H2,1H3;11-12H,1-10H2;2-4H2,1H3;1H3;2*1H4;2*1H;;1H;/q-1;+1;;;;;;;;;;+2/p-3. The summed E-state index contributed by atoms with van der Waals surface area (Å²) in [5.41, 5.74) is 0. The fraction of sp³-hybridized carbons (Fsp3) is 1.00. The Balaban J connectivity index is 0.000000962. The second kappa shape index (κ2) is 47.2. The molecule has 1 radical (unpaired) electrons. The van der Waals surface area contributed by atoms with Crippen molar-refractivity contribution in [3.05, 3.63) is 5.32 Å². The van der Waals surface area contributed by atoms with Crippen LogP contribution in [-0.2, 0) is 13.1 Å². The zero-order valence-electron chi connectivity index (χ0n) is 46.1. The van der Waals surface area contributed by atoms with E-state index in [2.05, 4.69) is 189 Å². The third-order valence-corrected chi connectivity index (χ3v) is 18.9. The van der Waals surface area contributed by atoms with Crippen LogP contribution in [0.1, 0.15) is 126 Å². The number of quaternary nitrogens is 2. The van der Waals surface area contributed by atoms with Crippen molar-refractivity contribution in [2.75, 3.05) is 193 Å². The first-order chi connectivity index (χ1) is 34.7. The fourth-order valence-electron chi connectivity index (χ4n) is 12.9. The van der Waals surface area contributed by atoms with E-state index in [0.29, 0.717) is 0 Å². The zero-order valence-corrected chi connectivity index (χ0v) is 61.7. The predicted octanol–water partition coefficient (Wildman–Crippen LogP) is 5.26. The molecule has 0 aromatic carbocycles. The summed E-state index contributed by atoms with van der Waals surface area (Å²) in [6.07, 6.45) is 20.6. The molecule has 9 aliphatic rings. The van der Waals surface area contributed by atoms with Crippen molar-refractivity contribution in [3.63, 3.8) is 0 Å². The quantitative estimate of drug-likeness (QED) is 0.0764. The summed E-state index contributed by atoms with van der Waals surface area (Å²) in [7, 11) is 11.8. The Bertz CT molecular complexity index is 1270. The molecule has 9 aliphatic heterocycles. The first kappa shape index (κ1) is 79.0. The van der Waals surface area contributed by atoms with Gasteiger partial charge in [0.05, 0.1) is 58.1 Å². The van der Waals surface area contributed by atoms with Crippen molar-refractivity contribution in [2.45, 2.75) is 151 Å². The van der Waals surface area contributed by atoms with Crippen LogP contribution in [0.4, 0.5) is 0 Å². The summed E-state index contributed by atoms with van der Waals surface area (Å²) < 4.78 is 4.05. The number of likely N-dealkylation sites (N-methyl/N-ethyl adjacent to an activating group) is 1. The Morgan fingerprint density at radius 2 is 1.01 bits per heavy atom. The summed E-state index contributed by atoms with van der Waals surface area (Å²) in [6, 6.07) is 0. The third-order valence-electron chi connectivity index (χ3n) is 16.6. The molecule has 0 saturated carbocycles. The first-order valence-electron chi connectivity index (χ1n) is 28.3. The van der Waals surface area contributed by atoms with E-state index in [0.717, 1.165) is 50.8 Å². The predicted molar refractivity (Wildman–Crippen MR) is 348 cm³/mol. The minimum absolute atomic E-state index is 0. The number of rotatable bonds is 14. The Kier molecular flexibility index (Phi) is 50.4. The van der Waals surface area contributed by atoms with E-state index in [1.807, 2.05) is 4.93 Å². The Hall–Kier alpha value is 5.00. The molecule has 448 valence electrons. The van der Waals surface area contributed by atoms with Crippen molar-refractivity contribution >= 4 is 103 Å². The van der Waals surface area contributed by atoms with Gasteiger partial charge in [-0.05, 0) is 101 Å². The summed E-state index contributed by atoms with van der Waals surface area (Å²) in [5, 5.41) is 4.66. The van der Waals surface area contributed by atoms with Gasteiger partial charge in [0.2, 0.25) is 6.17 Å². The van der Waals surface area contributed by atoms with E-state index in [9.17, 15) is 0 Å². The summed E-state index contributed by atoms with van der Waals surface area (Å²) >= 11 is 11.6. The monoisotopic (exact) mass is 1800 g/mol. The molecule has 0 aromatic heterocycles. The number of hydrogen-bond acceptors (Lipinski definition) is 9. The largest absolute Gasteiger partial charge is 1.00 e. The number of alkyl halides is 2. The van der Waals surface area contributed by atoms with Crippen molar-refractivity contribution in [3.8, 4) is 0 Å². The number of piperazine rings is 4. The minimum atomic E-state index is 0. The van der Waals surface area contributed by atoms with E-state index in [4.69, 9.17) is 20.2 Å². The number of nitrogens with zero attached hydrogens (tertiary/aromatic N) is 12. The Morgan fingerprint density at radius 3 is 1.51 bits per heavy atom. The van der Waals surface area contributed by atoms with Crippen LogP contribution in [0, 0.1) is 0 Å². The first-order valence-corrected chi connectivity index (χ1v) is 42.5. The van der Waals surface area contributed by atoms with Crippen LogP contribution in [0.3, 0.4) is 0 Å². The molecular formula is C53H112Cl2I6MnN12-. The maximum Gasteiger partial charge on any atom is -1.00 e. The molecule has 4 unspecified atom stereocenters. The van der Waals surface area contributed by atoms with Crippen LogP contribution in [-0.4, -0.2) is 269 Å². The minimum Gasteiger partial charge on any atom is -1.00 e. The molecule has 9 fully saturated rings. The van der Waals surface area contributed by atoms with Crippen LogP contribution in [0.5, 0.6) is 0 Å². The van der Waals surface area contributed by atoms with Crippen LogP contribution in [0.15, 0.2) is 0 Å². The van der Waals surface area contributed by atoms with Gasteiger partial charge in [0.25, 0.3) is 0 Å². The number of halogens is 8. The van der Waals surface area contributed by atoms with Gasteiger partial charge in [-0.15, -0.1) is 13.1 Å². The molecule has 0 bridgehead atoms. The van der Waals surface area contributed by atoms with Gasteiger partial charge in [0.15, 0.2) is 6.17 Å². The van der Waals surface area contributed by atoms with E-state index >= 15 is 0 Å². The topological polar surface area (TPSA) is 43.3 Å². The van der Waals surface area contributed by atoms with Gasteiger partial charge in [-0.25, -0.2) is 9.80 Å². The third kappa shape index (κ3) is 25.9. The average Bonchev–Trinajstić information content (AvgIpc) is 3.40. The zero-order chi connectivity index (χ0) is 51.9. The van der Waals surface area contributed by atoms with Crippen LogP contribution >= 0.6 is 103 Å². The smallest absolute Gasteiger partial charge is 1.00 e. The summed E-state index contributed by atoms with van der Waals surface area (Å²) in [4.78, 5) is 26.4. The van der Waals surface area contributed by atoms with Crippen LogP contribution in [0.2, 0.25) is 0 Å². The molecule has 21 heteroatoms. The SMILES string of the molecule is C.C.C1CN2CCN3CCCN4CCN(C1)C2C34.CCCCI.CCCCN(CCCC)CCN1CCCN(C)CC[N-]CC1.CCCC[N+]12CCCN3CC[N+]4([I-])CCCN(CC1)C4C32.CI.II.[Cl][Mn][Cl].[I-]. The molecular weight excluding hydrogens is 1690 g/mol. The number of unbranched alkanes of at least 4 members (excludes halogenated alkanes) is 4. The normalized spacial score (nSPS) is 29.3. The van der Waals surface area contributed by atoms with Gasteiger partial charge in [0, 0.05) is 129 Å². The fourth-order valence-corrected chi connectivity index (χ4v) is 14.9. The Morgan fingerprint density at radius 1 is 0.554 bits per heavy atom. The van der Waals surface area contributed by atoms with Gasteiger partial charge in [-0.2, -0.15) is 0 Å². The molecule has 9 saturated heterocycles. The molecule has 4 atom stereocenters. The van der Waals surface area contributed by atoms with Gasteiger partial charge < -0.3 is 74.0 Å². The molecule has 0 spiro atoms. The van der Waals surface area contributed by atoms with Crippen LogP contribution in [0.25, 0.3) is 5.32 Å². The van der Waals surface area contributed by atoms with Gasteiger partial charge in [-0.3, -0.25) is 19.6 Å². The maximum absolute atomic E-state index is 4.80. The summed E-state index contributed by atoms with van der Waals surface area (Å²) in [6.45, 7) is 43.9. The van der Waals surface area contributed by atoms with Gasteiger partial charge >= 0.3 is 33.3 Å². The van der Waals surface area contributed by atoms with E-state index < -0.39 is 0 Å². The molecule has 74 heavy (non-hydrogen) atoms. The molecule has 9 heterocycles. The van der Waals surface area contributed by atoms with E-state index in [1.165, 1.54) is 246 Å². The summed E-state index contributed by atoms with van der Waals surface area (Å²) in [5.74, 6) is 0. The molecule has 9 rings (SSSR count). The second-order valence-corrected chi connectivity index (χ2v) is 26.2. The second-order valence-electron chi connectivity index (χ2n) is 21.2. The molecule has 0 amide bonds. The molecule has 0 N–H and O–H groups in total. The van der Waals surface area contributed by atoms with Crippen molar-refractivity contribution in [2.24, 2.45) is 0 Å². The maximum atomic E-state index is 4.80. The van der Waals surface area contributed by atoms with E-state index in [-0.39, 0.29) is 52.0 Å². The van der Waals surface area contributed by atoms with Gasteiger partial charge in [0.1, 0.15) is 0 Å². The van der Waals surface area contributed by atoms with Crippen molar-refractivity contribution in [1.82, 2.24) is 44.1 Å². The van der Waals surface area contributed by atoms with E-state index in [1.54, 1.807) is 0 Å². The Labute approximate surface area is 555 Å². The molecule has 0 aliphatic carbocycles. The molecule has 0 aromatic rings. The van der Waals surface area contributed by atoms with Crippen molar-refractivity contribution in [1.29, 1.82) is 0 Å². The molecule has 12 nitrogen and oxygen atoms in total. The number of hydrogen-bond donors (Lipinski definition) is 0. The average molecular weight is 1800 g/mol.